The minimum absolute atomic E-state index is 0.918. The molecule has 0 amide bonds. The van der Waals surface area contributed by atoms with Gasteiger partial charge in [-0.25, -0.2) is 4.98 Å². The van der Waals surface area contributed by atoms with Crippen molar-refractivity contribution >= 4 is 44.5 Å². The molecule has 226 valence electrons. The van der Waals surface area contributed by atoms with Crippen molar-refractivity contribution in [2.24, 2.45) is 0 Å². The van der Waals surface area contributed by atoms with Crippen LogP contribution in [-0.2, 0) is 0 Å². The van der Waals surface area contributed by atoms with Crippen molar-refractivity contribution in [2.75, 3.05) is 4.90 Å². The number of rotatable bonds is 6. The summed E-state index contributed by atoms with van der Waals surface area (Å²) in [6.07, 6.45) is 5.75. The monoisotopic (exact) mass is 615 g/mol. The first-order valence-corrected chi connectivity index (χ1v) is 16.0. The minimum Gasteiger partial charge on any atom is -0.311 e. The standard InChI is InChI=1S/C43H29N5/c1-3-11-32(12-4-1)43-41(46-39-17-7-8-28-47(39)43)31-20-24-36(25-21-31)48(34-14-5-2-6-15-34)35-22-18-30(19-23-35)38-29-33-13-9-26-44-40(33)42-37(38)16-10-27-45-42/h1-29H. The number of imidazole rings is 1. The van der Waals surface area contributed by atoms with Crippen LogP contribution in [0.3, 0.4) is 0 Å². The van der Waals surface area contributed by atoms with E-state index in [1.54, 1.807) is 0 Å². The average Bonchev–Trinajstić information content (AvgIpc) is 3.56. The van der Waals surface area contributed by atoms with Crippen LogP contribution in [0.25, 0.3) is 61.1 Å². The third kappa shape index (κ3) is 4.77. The van der Waals surface area contributed by atoms with Crippen LogP contribution in [0, 0.1) is 0 Å². The van der Waals surface area contributed by atoms with E-state index in [9.17, 15) is 0 Å². The lowest BCUT2D eigenvalue weighted by Gasteiger charge is -2.26. The molecule has 9 aromatic rings. The summed E-state index contributed by atoms with van der Waals surface area (Å²) in [5, 5.41) is 2.17. The molecule has 9 rings (SSSR count). The highest BCUT2D eigenvalue weighted by molar-refractivity contribution is 6.10. The molecule has 0 fully saturated rings. The number of hydrogen-bond acceptors (Lipinski definition) is 4. The van der Waals surface area contributed by atoms with E-state index in [0.717, 1.165) is 78.2 Å². The molecule has 4 aromatic heterocycles. The van der Waals surface area contributed by atoms with E-state index in [1.807, 2.05) is 42.7 Å². The van der Waals surface area contributed by atoms with Crippen molar-refractivity contribution < 1.29 is 0 Å². The summed E-state index contributed by atoms with van der Waals surface area (Å²) in [6.45, 7) is 0. The first kappa shape index (κ1) is 27.7. The molecule has 0 saturated carbocycles. The molecule has 4 heterocycles. The number of hydrogen-bond donors (Lipinski definition) is 0. The highest BCUT2D eigenvalue weighted by Crippen LogP contribution is 2.39. The van der Waals surface area contributed by atoms with E-state index in [0.29, 0.717) is 0 Å². The Morgan fingerprint density at radius 1 is 0.479 bits per heavy atom. The maximum absolute atomic E-state index is 5.07. The zero-order valence-electron chi connectivity index (χ0n) is 26.0. The van der Waals surface area contributed by atoms with Gasteiger partial charge in [-0.2, -0.15) is 0 Å². The third-order valence-corrected chi connectivity index (χ3v) is 8.89. The van der Waals surface area contributed by atoms with Gasteiger partial charge in [0.2, 0.25) is 0 Å². The number of aromatic nitrogens is 4. The number of nitrogens with zero attached hydrogens (tertiary/aromatic N) is 5. The molecule has 0 aliphatic rings. The number of benzene rings is 5. The van der Waals surface area contributed by atoms with Crippen LogP contribution in [0.1, 0.15) is 0 Å². The Bertz CT molecular complexity index is 2540. The largest absolute Gasteiger partial charge is 0.311 e. The van der Waals surface area contributed by atoms with Gasteiger partial charge in [0.05, 0.1) is 22.4 Å². The van der Waals surface area contributed by atoms with Crippen molar-refractivity contribution in [1.29, 1.82) is 0 Å². The van der Waals surface area contributed by atoms with Gasteiger partial charge < -0.3 is 4.90 Å². The zero-order chi connectivity index (χ0) is 31.9. The van der Waals surface area contributed by atoms with Crippen molar-refractivity contribution in [1.82, 2.24) is 19.4 Å². The summed E-state index contributed by atoms with van der Waals surface area (Å²) in [5.41, 5.74) is 12.5. The Kier molecular flexibility index (Phi) is 6.72. The quantitative estimate of drug-likeness (QED) is 0.175. The predicted molar refractivity (Wildman–Crippen MR) is 197 cm³/mol. The fourth-order valence-corrected chi connectivity index (χ4v) is 6.67. The van der Waals surface area contributed by atoms with Gasteiger partial charge in [-0.3, -0.25) is 14.4 Å². The summed E-state index contributed by atoms with van der Waals surface area (Å²) < 4.78 is 2.17. The first-order chi connectivity index (χ1) is 23.8. The molecule has 5 aromatic carbocycles. The molecule has 0 atom stereocenters. The van der Waals surface area contributed by atoms with Crippen molar-refractivity contribution in [3.8, 4) is 33.6 Å². The Balaban J connectivity index is 1.12. The van der Waals surface area contributed by atoms with Crippen LogP contribution in [-0.4, -0.2) is 19.4 Å². The minimum atomic E-state index is 0.918. The Morgan fingerprint density at radius 2 is 1.10 bits per heavy atom. The maximum Gasteiger partial charge on any atom is 0.137 e. The molecular formula is C43H29N5. The van der Waals surface area contributed by atoms with Crippen molar-refractivity contribution in [2.45, 2.75) is 0 Å². The van der Waals surface area contributed by atoms with E-state index in [-0.39, 0.29) is 0 Å². The van der Waals surface area contributed by atoms with Crippen LogP contribution >= 0.6 is 0 Å². The number of para-hydroxylation sites is 1. The van der Waals surface area contributed by atoms with Crippen molar-refractivity contribution in [3.05, 3.63) is 176 Å². The van der Waals surface area contributed by atoms with E-state index in [2.05, 4.69) is 148 Å². The van der Waals surface area contributed by atoms with Gasteiger partial charge in [0.15, 0.2) is 0 Å². The molecule has 5 heteroatoms. The first-order valence-electron chi connectivity index (χ1n) is 16.0. The molecule has 0 N–H and O–H groups in total. The summed E-state index contributed by atoms with van der Waals surface area (Å²) >= 11 is 0. The maximum atomic E-state index is 5.07. The smallest absolute Gasteiger partial charge is 0.137 e. The summed E-state index contributed by atoms with van der Waals surface area (Å²) in [6, 6.07) is 55.1. The molecule has 0 unspecified atom stereocenters. The van der Waals surface area contributed by atoms with Gasteiger partial charge >= 0.3 is 0 Å². The van der Waals surface area contributed by atoms with Crippen molar-refractivity contribution in [3.63, 3.8) is 0 Å². The predicted octanol–water partition coefficient (Wildman–Crippen LogP) is 10.9. The molecule has 0 saturated heterocycles. The number of anilines is 3. The van der Waals surface area contributed by atoms with Crippen LogP contribution in [0.4, 0.5) is 17.1 Å². The molecule has 0 bridgehead atoms. The van der Waals surface area contributed by atoms with E-state index < -0.39 is 0 Å². The summed E-state index contributed by atoms with van der Waals surface area (Å²) in [5.74, 6) is 0. The highest BCUT2D eigenvalue weighted by Gasteiger charge is 2.18. The zero-order valence-corrected chi connectivity index (χ0v) is 26.0. The second kappa shape index (κ2) is 11.6. The van der Waals surface area contributed by atoms with E-state index >= 15 is 0 Å². The molecule has 48 heavy (non-hydrogen) atoms. The average molecular weight is 616 g/mol. The van der Waals surface area contributed by atoms with Gasteiger partial charge in [0, 0.05) is 57.6 Å². The van der Waals surface area contributed by atoms with Crippen LogP contribution in [0.2, 0.25) is 0 Å². The summed E-state index contributed by atoms with van der Waals surface area (Å²) in [7, 11) is 0. The molecular weight excluding hydrogens is 587 g/mol. The molecule has 0 aliphatic heterocycles. The van der Waals surface area contributed by atoms with Gasteiger partial charge in [-0.1, -0.05) is 91.0 Å². The Labute approximate surface area is 278 Å². The second-order valence-electron chi connectivity index (χ2n) is 11.8. The van der Waals surface area contributed by atoms with Gasteiger partial charge in [0.25, 0.3) is 0 Å². The number of pyridine rings is 3. The van der Waals surface area contributed by atoms with Crippen LogP contribution in [0.15, 0.2) is 176 Å². The fourth-order valence-electron chi connectivity index (χ4n) is 6.67. The lowest BCUT2D eigenvalue weighted by Crippen LogP contribution is -2.09. The van der Waals surface area contributed by atoms with E-state index in [4.69, 9.17) is 9.97 Å². The lowest BCUT2D eigenvalue weighted by atomic mass is 9.97. The third-order valence-electron chi connectivity index (χ3n) is 8.89. The fraction of sp³-hybridized carbons (Fsp3) is 0. The normalized spacial score (nSPS) is 11.3. The van der Waals surface area contributed by atoms with Gasteiger partial charge in [-0.15, -0.1) is 0 Å². The van der Waals surface area contributed by atoms with Gasteiger partial charge in [0.1, 0.15) is 5.65 Å². The Morgan fingerprint density at radius 3 is 1.85 bits per heavy atom. The lowest BCUT2D eigenvalue weighted by molar-refractivity contribution is 1.19. The molecule has 0 spiro atoms. The van der Waals surface area contributed by atoms with Gasteiger partial charge in [-0.05, 0) is 77.9 Å². The topological polar surface area (TPSA) is 46.3 Å². The Hall–Kier alpha value is -6.59. The molecule has 5 nitrogen and oxygen atoms in total. The number of fused-ring (bicyclic) bond motifs is 4. The van der Waals surface area contributed by atoms with Crippen LogP contribution in [0.5, 0.6) is 0 Å². The van der Waals surface area contributed by atoms with E-state index in [1.165, 1.54) is 0 Å². The van der Waals surface area contributed by atoms with Crippen LogP contribution < -0.4 is 4.90 Å². The summed E-state index contributed by atoms with van der Waals surface area (Å²) in [4.78, 5) is 16.7. The second-order valence-corrected chi connectivity index (χ2v) is 11.8. The highest BCUT2D eigenvalue weighted by atomic mass is 15.1. The SMILES string of the molecule is c1ccc(-c2c(-c3ccc(N(c4ccccc4)c4ccc(-c5cc6cccnc6c6ncccc56)cc4)cc3)nc3ccccn23)cc1. The molecule has 0 aliphatic carbocycles. The molecule has 0 radical (unpaired) electrons.